The Morgan fingerprint density at radius 1 is 1.00 bits per heavy atom. The molecule has 2 unspecified atom stereocenters. The zero-order valence-corrected chi connectivity index (χ0v) is 20.1. The van der Waals surface area contributed by atoms with E-state index in [2.05, 4.69) is 10.6 Å². The maximum Gasteiger partial charge on any atom is 0.416 e. The molecule has 2 N–H and O–H groups in total. The number of urea groups is 1. The molecule has 36 heavy (non-hydrogen) atoms. The van der Waals surface area contributed by atoms with Gasteiger partial charge in [-0.05, 0) is 52.8 Å². The van der Waals surface area contributed by atoms with Crippen molar-refractivity contribution in [3.8, 4) is 0 Å². The summed E-state index contributed by atoms with van der Waals surface area (Å²) in [5, 5.41) is 7.88. The number of carbonyl (C=O) groups is 2. The van der Waals surface area contributed by atoms with Gasteiger partial charge in [-0.15, -0.1) is 0 Å². The van der Waals surface area contributed by atoms with Crippen molar-refractivity contribution < 1.29 is 22.8 Å². The fourth-order valence-electron chi connectivity index (χ4n) is 4.92. The number of nitrogens with zero attached hydrogens (tertiary/aromatic N) is 1. The second-order valence-corrected chi connectivity index (χ2v) is 9.29. The first-order chi connectivity index (χ1) is 17.2. The Balaban J connectivity index is 1.31. The van der Waals surface area contributed by atoms with Gasteiger partial charge in [-0.25, -0.2) is 4.79 Å². The summed E-state index contributed by atoms with van der Waals surface area (Å²) in [5.41, 5.74) is 0.368. The number of halogens is 3. The number of likely N-dealkylation sites (tertiary alicyclic amines) is 1. The van der Waals surface area contributed by atoms with E-state index in [0.717, 1.165) is 34.9 Å². The van der Waals surface area contributed by atoms with Crippen LogP contribution in [-0.2, 0) is 17.5 Å². The Kier molecular flexibility index (Phi) is 7.82. The molecular formula is C28H30F3N3O2. The summed E-state index contributed by atoms with van der Waals surface area (Å²) in [6, 6.07) is 18.3. The van der Waals surface area contributed by atoms with Gasteiger partial charge in [0.1, 0.15) is 0 Å². The lowest BCUT2D eigenvalue weighted by molar-refractivity contribution is -0.137. The second-order valence-electron chi connectivity index (χ2n) is 9.29. The number of carbonyl (C=O) groups excluding carboxylic acids is 2. The molecule has 190 valence electrons. The van der Waals surface area contributed by atoms with E-state index in [9.17, 15) is 22.8 Å². The van der Waals surface area contributed by atoms with Crippen LogP contribution in [0.3, 0.4) is 0 Å². The summed E-state index contributed by atoms with van der Waals surface area (Å²) < 4.78 is 38.9. The van der Waals surface area contributed by atoms with Crippen LogP contribution >= 0.6 is 0 Å². The predicted molar refractivity (Wildman–Crippen MR) is 134 cm³/mol. The van der Waals surface area contributed by atoms with Crippen LogP contribution in [0.2, 0.25) is 0 Å². The molecule has 3 amide bonds. The topological polar surface area (TPSA) is 61.4 Å². The summed E-state index contributed by atoms with van der Waals surface area (Å²) in [4.78, 5) is 27.1. The highest BCUT2D eigenvalue weighted by Gasteiger charge is 2.33. The first-order valence-electron chi connectivity index (χ1n) is 12.2. The van der Waals surface area contributed by atoms with Crippen LogP contribution < -0.4 is 10.6 Å². The minimum absolute atomic E-state index is 0.0201. The molecule has 1 saturated heterocycles. The first kappa shape index (κ1) is 25.5. The minimum Gasteiger partial charge on any atom is -0.352 e. The van der Waals surface area contributed by atoms with E-state index in [1.807, 2.05) is 49.4 Å². The van der Waals surface area contributed by atoms with Crippen LogP contribution in [0, 0.1) is 11.8 Å². The van der Waals surface area contributed by atoms with Crippen LogP contribution in [0.15, 0.2) is 66.7 Å². The fraction of sp³-hybridized carbons (Fsp3) is 0.357. The quantitative estimate of drug-likeness (QED) is 0.411. The van der Waals surface area contributed by atoms with E-state index in [1.54, 1.807) is 4.90 Å². The van der Waals surface area contributed by atoms with E-state index in [-0.39, 0.29) is 23.4 Å². The Morgan fingerprint density at radius 3 is 2.53 bits per heavy atom. The fourth-order valence-corrected chi connectivity index (χ4v) is 4.92. The number of hydrogen-bond donors (Lipinski definition) is 2. The average Bonchev–Trinajstić information content (AvgIpc) is 2.87. The predicted octanol–water partition coefficient (Wildman–Crippen LogP) is 6.45. The van der Waals surface area contributed by atoms with Gasteiger partial charge in [-0.2, -0.15) is 13.2 Å². The SMILES string of the molecule is CCC1CN(C(=O)Nc2cccc(C(F)(F)F)c2)CCC1CC(=O)NCc1cccc2ccccc12. The van der Waals surface area contributed by atoms with Gasteiger partial charge in [-0.3, -0.25) is 4.79 Å². The number of anilines is 1. The van der Waals surface area contributed by atoms with Crippen molar-refractivity contribution in [2.75, 3.05) is 18.4 Å². The van der Waals surface area contributed by atoms with Crippen molar-refractivity contribution in [1.82, 2.24) is 10.2 Å². The molecule has 3 aromatic rings. The maximum absolute atomic E-state index is 13.0. The summed E-state index contributed by atoms with van der Waals surface area (Å²) in [6.45, 7) is 3.39. The van der Waals surface area contributed by atoms with Gasteiger partial charge in [0.2, 0.25) is 5.91 Å². The van der Waals surface area contributed by atoms with Crippen LogP contribution in [0.5, 0.6) is 0 Å². The second kappa shape index (κ2) is 11.0. The van der Waals surface area contributed by atoms with Gasteiger partial charge < -0.3 is 15.5 Å². The van der Waals surface area contributed by atoms with Crippen LogP contribution in [0.25, 0.3) is 10.8 Å². The van der Waals surface area contributed by atoms with Crippen LogP contribution in [-0.4, -0.2) is 29.9 Å². The highest BCUT2D eigenvalue weighted by atomic mass is 19.4. The molecule has 1 fully saturated rings. The number of nitrogens with one attached hydrogen (secondary N) is 2. The molecule has 2 atom stereocenters. The van der Waals surface area contributed by atoms with E-state index < -0.39 is 17.8 Å². The number of piperidine rings is 1. The lowest BCUT2D eigenvalue weighted by Crippen LogP contribution is -2.46. The molecular weight excluding hydrogens is 467 g/mol. The van der Waals surface area contributed by atoms with Crippen molar-refractivity contribution in [3.63, 3.8) is 0 Å². The number of fused-ring (bicyclic) bond motifs is 1. The molecule has 1 aliphatic heterocycles. The Hall–Kier alpha value is -3.55. The molecule has 0 aliphatic carbocycles. The standard InChI is InChI=1S/C28H30F3N3O2/c1-2-19-18-34(27(36)33-24-11-6-10-23(16-24)28(29,30)31)14-13-21(19)15-26(35)32-17-22-9-5-8-20-7-3-4-12-25(20)22/h3-12,16,19,21H,2,13-15,17-18H2,1H3,(H,32,35)(H,33,36). The maximum atomic E-state index is 13.0. The molecule has 0 spiro atoms. The molecule has 1 aliphatic rings. The van der Waals surface area contributed by atoms with E-state index in [4.69, 9.17) is 0 Å². The number of hydrogen-bond acceptors (Lipinski definition) is 2. The number of amides is 3. The van der Waals surface area contributed by atoms with E-state index in [1.165, 1.54) is 12.1 Å². The molecule has 0 aromatic heterocycles. The van der Waals surface area contributed by atoms with Crippen molar-refractivity contribution >= 4 is 28.4 Å². The smallest absolute Gasteiger partial charge is 0.352 e. The van der Waals surface area contributed by atoms with Crippen LogP contribution in [0.1, 0.15) is 37.3 Å². The average molecular weight is 498 g/mol. The highest BCUT2D eigenvalue weighted by Crippen LogP contribution is 2.32. The number of benzene rings is 3. The molecule has 5 nitrogen and oxygen atoms in total. The first-order valence-corrected chi connectivity index (χ1v) is 12.2. The van der Waals surface area contributed by atoms with Gasteiger partial charge in [0, 0.05) is 31.7 Å². The summed E-state index contributed by atoms with van der Waals surface area (Å²) >= 11 is 0. The van der Waals surface area contributed by atoms with Gasteiger partial charge in [0.15, 0.2) is 0 Å². The monoisotopic (exact) mass is 497 g/mol. The van der Waals surface area contributed by atoms with E-state index >= 15 is 0 Å². The summed E-state index contributed by atoms with van der Waals surface area (Å²) in [5.74, 6) is 0.252. The van der Waals surface area contributed by atoms with Crippen molar-refractivity contribution in [2.45, 2.75) is 38.9 Å². The molecule has 0 bridgehead atoms. The lowest BCUT2D eigenvalue weighted by atomic mass is 9.81. The normalized spacial score (nSPS) is 18.2. The molecule has 4 rings (SSSR count). The largest absolute Gasteiger partial charge is 0.416 e. The van der Waals surface area contributed by atoms with Crippen LogP contribution in [0.4, 0.5) is 23.7 Å². The van der Waals surface area contributed by atoms with E-state index in [0.29, 0.717) is 32.5 Å². The van der Waals surface area contributed by atoms with Crippen molar-refractivity contribution in [2.24, 2.45) is 11.8 Å². The Bertz CT molecular complexity index is 1220. The third kappa shape index (κ3) is 6.17. The van der Waals surface area contributed by atoms with Gasteiger partial charge in [0.25, 0.3) is 0 Å². The Morgan fingerprint density at radius 2 is 1.75 bits per heavy atom. The molecule has 3 aromatic carbocycles. The third-order valence-electron chi connectivity index (χ3n) is 6.95. The van der Waals surface area contributed by atoms with Crippen molar-refractivity contribution in [1.29, 1.82) is 0 Å². The number of rotatable bonds is 6. The molecule has 1 heterocycles. The third-order valence-corrected chi connectivity index (χ3v) is 6.95. The Labute approximate surface area is 208 Å². The van der Waals surface area contributed by atoms with Crippen molar-refractivity contribution in [3.05, 3.63) is 77.9 Å². The van der Waals surface area contributed by atoms with Gasteiger partial charge in [0.05, 0.1) is 5.56 Å². The zero-order valence-electron chi connectivity index (χ0n) is 20.1. The lowest BCUT2D eigenvalue weighted by Gasteiger charge is -2.38. The number of alkyl halides is 3. The summed E-state index contributed by atoms with van der Waals surface area (Å²) in [7, 11) is 0. The highest BCUT2D eigenvalue weighted by molar-refractivity contribution is 5.89. The molecule has 0 radical (unpaired) electrons. The molecule has 0 saturated carbocycles. The minimum atomic E-state index is -4.47. The zero-order chi connectivity index (χ0) is 25.7. The summed E-state index contributed by atoms with van der Waals surface area (Å²) in [6.07, 6.45) is -2.63. The van der Waals surface area contributed by atoms with Gasteiger partial charge in [-0.1, -0.05) is 61.9 Å². The van der Waals surface area contributed by atoms with Gasteiger partial charge >= 0.3 is 12.2 Å². The molecule has 8 heteroatoms.